The van der Waals surface area contributed by atoms with Gasteiger partial charge in [0.1, 0.15) is 11.6 Å². The molecule has 2 aromatic rings. The minimum absolute atomic E-state index is 0.274. The lowest BCUT2D eigenvalue weighted by Gasteiger charge is -2.33. The third-order valence-electron chi connectivity index (χ3n) is 3.49. The molecule has 108 valence electrons. The van der Waals surface area contributed by atoms with Crippen molar-refractivity contribution in [1.82, 2.24) is 9.99 Å². The number of piperazine rings is 1. The Morgan fingerprint density at radius 3 is 2.43 bits per heavy atom. The molecule has 5 heteroatoms. The van der Waals surface area contributed by atoms with E-state index in [0.29, 0.717) is 0 Å². The number of pyridine rings is 1. The fourth-order valence-corrected chi connectivity index (χ4v) is 2.29. The molecule has 1 N–H and O–H groups in total. The fraction of sp³-hybridized carbons (Fsp3) is 0.250. The molecule has 3 rings (SSSR count). The number of hydrazone groups is 1. The minimum atomic E-state index is 0.274. The van der Waals surface area contributed by atoms with Crippen LogP contribution in [0.5, 0.6) is 5.75 Å². The molecule has 1 saturated heterocycles. The van der Waals surface area contributed by atoms with Crippen molar-refractivity contribution in [2.45, 2.75) is 0 Å². The van der Waals surface area contributed by atoms with Gasteiger partial charge < -0.3 is 10.0 Å². The van der Waals surface area contributed by atoms with Gasteiger partial charge in [0.05, 0.1) is 19.3 Å². The zero-order valence-corrected chi connectivity index (χ0v) is 11.8. The number of anilines is 1. The highest BCUT2D eigenvalue weighted by molar-refractivity contribution is 5.79. The lowest BCUT2D eigenvalue weighted by molar-refractivity contribution is 0.271. The summed E-state index contributed by atoms with van der Waals surface area (Å²) in [5.41, 5.74) is 0.986. The van der Waals surface area contributed by atoms with Gasteiger partial charge in [0.25, 0.3) is 0 Å². The molecule has 1 aliphatic heterocycles. The average molecular weight is 282 g/mol. The molecule has 0 atom stereocenters. The Bertz CT molecular complexity index is 589. The average Bonchev–Trinajstić information content (AvgIpc) is 2.56. The zero-order valence-electron chi connectivity index (χ0n) is 11.8. The molecule has 0 radical (unpaired) electrons. The van der Waals surface area contributed by atoms with E-state index in [0.717, 1.165) is 37.6 Å². The number of nitrogens with zero attached hydrogens (tertiary/aromatic N) is 4. The summed E-state index contributed by atoms with van der Waals surface area (Å²) in [5.74, 6) is 1.30. The molecular weight excluding hydrogens is 264 g/mol. The molecule has 1 fully saturated rings. The number of hydrogen-bond acceptors (Lipinski definition) is 5. The number of phenolic OH excluding ortho intramolecular Hbond substituents is 1. The first-order valence-corrected chi connectivity index (χ1v) is 7.05. The van der Waals surface area contributed by atoms with Crippen LogP contribution in [-0.4, -0.2) is 47.5 Å². The van der Waals surface area contributed by atoms with Gasteiger partial charge in [-0.1, -0.05) is 6.07 Å². The topological polar surface area (TPSA) is 52.0 Å². The Balaban J connectivity index is 1.55. The Morgan fingerprint density at radius 2 is 1.76 bits per heavy atom. The first-order chi connectivity index (χ1) is 10.3. The van der Waals surface area contributed by atoms with E-state index in [2.05, 4.69) is 20.0 Å². The Morgan fingerprint density at radius 1 is 1.00 bits per heavy atom. The van der Waals surface area contributed by atoms with Gasteiger partial charge in [0.2, 0.25) is 0 Å². The molecule has 0 aliphatic carbocycles. The maximum atomic E-state index is 9.24. The first-order valence-electron chi connectivity index (χ1n) is 7.05. The van der Waals surface area contributed by atoms with Crippen LogP contribution in [0.1, 0.15) is 5.56 Å². The molecule has 5 nitrogen and oxygen atoms in total. The summed E-state index contributed by atoms with van der Waals surface area (Å²) in [6, 6.07) is 13.0. The van der Waals surface area contributed by atoms with E-state index in [1.54, 1.807) is 12.1 Å². The standard InChI is InChI=1S/C16H18N4O/c21-15-6-4-14(5-7-15)13-18-20-11-9-19(10-12-20)16-3-1-2-8-17-16/h1-8,13,21H,9-12H2/b18-13+. The highest BCUT2D eigenvalue weighted by Crippen LogP contribution is 2.13. The smallest absolute Gasteiger partial charge is 0.128 e. The van der Waals surface area contributed by atoms with Gasteiger partial charge in [-0.3, -0.25) is 5.01 Å². The number of aromatic nitrogens is 1. The second-order valence-electron chi connectivity index (χ2n) is 4.96. The Labute approximate surface area is 124 Å². The van der Waals surface area contributed by atoms with Crippen molar-refractivity contribution in [2.75, 3.05) is 31.1 Å². The quantitative estimate of drug-likeness (QED) is 0.874. The highest BCUT2D eigenvalue weighted by Gasteiger charge is 2.15. The van der Waals surface area contributed by atoms with Crippen molar-refractivity contribution in [3.8, 4) is 5.75 Å². The van der Waals surface area contributed by atoms with Crippen molar-refractivity contribution in [1.29, 1.82) is 0 Å². The van der Waals surface area contributed by atoms with Crippen LogP contribution in [0.3, 0.4) is 0 Å². The van der Waals surface area contributed by atoms with Crippen molar-refractivity contribution in [3.05, 3.63) is 54.2 Å². The van der Waals surface area contributed by atoms with E-state index in [9.17, 15) is 5.11 Å². The number of rotatable bonds is 3. The van der Waals surface area contributed by atoms with Crippen LogP contribution >= 0.6 is 0 Å². The van der Waals surface area contributed by atoms with Crippen LogP contribution in [0, 0.1) is 0 Å². The Hall–Kier alpha value is -2.56. The number of hydrogen-bond donors (Lipinski definition) is 1. The molecule has 2 heterocycles. The second-order valence-corrected chi connectivity index (χ2v) is 4.96. The SMILES string of the molecule is Oc1ccc(/C=N/N2CCN(c3ccccn3)CC2)cc1. The number of phenols is 1. The van der Waals surface area contributed by atoms with E-state index >= 15 is 0 Å². The molecular formula is C16H18N4O. The molecule has 0 amide bonds. The van der Waals surface area contributed by atoms with Crippen LogP contribution in [0.2, 0.25) is 0 Å². The van der Waals surface area contributed by atoms with Crippen molar-refractivity contribution in [3.63, 3.8) is 0 Å². The zero-order chi connectivity index (χ0) is 14.5. The van der Waals surface area contributed by atoms with Gasteiger partial charge in [-0.25, -0.2) is 4.98 Å². The lowest BCUT2D eigenvalue weighted by atomic mass is 10.2. The van der Waals surface area contributed by atoms with Crippen LogP contribution in [0.25, 0.3) is 0 Å². The van der Waals surface area contributed by atoms with Crippen molar-refractivity contribution in [2.24, 2.45) is 5.10 Å². The van der Waals surface area contributed by atoms with Crippen molar-refractivity contribution < 1.29 is 5.11 Å². The molecule has 0 bridgehead atoms. The third kappa shape index (κ3) is 3.51. The summed E-state index contributed by atoms with van der Waals surface area (Å²) in [6.45, 7) is 3.60. The molecule has 1 aromatic heterocycles. The van der Waals surface area contributed by atoms with Gasteiger partial charge in [-0.15, -0.1) is 0 Å². The first kappa shape index (κ1) is 13.4. The van der Waals surface area contributed by atoms with Gasteiger partial charge in [-0.05, 0) is 42.0 Å². The summed E-state index contributed by atoms with van der Waals surface area (Å²) in [7, 11) is 0. The molecule has 1 aliphatic rings. The third-order valence-corrected chi connectivity index (χ3v) is 3.49. The fourth-order valence-electron chi connectivity index (χ4n) is 2.29. The van der Waals surface area contributed by atoms with Crippen LogP contribution in [0.4, 0.5) is 5.82 Å². The second kappa shape index (κ2) is 6.26. The molecule has 0 unspecified atom stereocenters. The van der Waals surface area contributed by atoms with E-state index in [1.807, 2.05) is 42.7 Å². The van der Waals surface area contributed by atoms with Gasteiger partial charge in [0, 0.05) is 19.3 Å². The molecule has 1 aromatic carbocycles. The van der Waals surface area contributed by atoms with Crippen LogP contribution < -0.4 is 4.90 Å². The predicted molar refractivity (Wildman–Crippen MR) is 83.7 cm³/mol. The van der Waals surface area contributed by atoms with Crippen molar-refractivity contribution >= 4 is 12.0 Å². The van der Waals surface area contributed by atoms with Gasteiger partial charge >= 0.3 is 0 Å². The number of benzene rings is 1. The van der Waals surface area contributed by atoms with Gasteiger partial charge in [-0.2, -0.15) is 5.10 Å². The summed E-state index contributed by atoms with van der Waals surface area (Å²) >= 11 is 0. The van der Waals surface area contributed by atoms with E-state index in [-0.39, 0.29) is 5.75 Å². The summed E-state index contributed by atoms with van der Waals surface area (Å²) < 4.78 is 0. The monoisotopic (exact) mass is 282 g/mol. The lowest BCUT2D eigenvalue weighted by Crippen LogP contribution is -2.44. The van der Waals surface area contributed by atoms with E-state index in [4.69, 9.17) is 0 Å². The minimum Gasteiger partial charge on any atom is -0.508 e. The molecule has 0 spiro atoms. The maximum Gasteiger partial charge on any atom is 0.128 e. The van der Waals surface area contributed by atoms with E-state index < -0.39 is 0 Å². The van der Waals surface area contributed by atoms with Crippen LogP contribution in [0.15, 0.2) is 53.8 Å². The highest BCUT2D eigenvalue weighted by atomic mass is 16.3. The summed E-state index contributed by atoms with van der Waals surface area (Å²) in [5, 5.41) is 15.8. The van der Waals surface area contributed by atoms with Gasteiger partial charge in [0.15, 0.2) is 0 Å². The summed E-state index contributed by atoms with van der Waals surface area (Å²) in [6.07, 6.45) is 3.65. The predicted octanol–water partition coefficient (Wildman–Crippen LogP) is 1.94. The maximum absolute atomic E-state index is 9.24. The normalized spacial score (nSPS) is 15.6. The Kier molecular flexibility index (Phi) is 4.00. The largest absolute Gasteiger partial charge is 0.508 e. The molecule has 0 saturated carbocycles. The summed E-state index contributed by atoms with van der Waals surface area (Å²) in [4.78, 5) is 6.64. The van der Waals surface area contributed by atoms with E-state index in [1.165, 1.54) is 0 Å². The number of aromatic hydroxyl groups is 1. The molecule has 21 heavy (non-hydrogen) atoms. The van der Waals surface area contributed by atoms with Crippen LogP contribution in [-0.2, 0) is 0 Å².